The summed E-state index contributed by atoms with van der Waals surface area (Å²) in [7, 11) is -3.99. The molecule has 1 aliphatic rings. The first-order valence-corrected chi connectivity index (χ1v) is 6.66. The maximum Gasteiger partial charge on any atom is 0.335 e. The maximum atomic E-state index is 12.0. The molecule has 1 heterocycles. The molecule has 1 amide bonds. The van der Waals surface area contributed by atoms with Crippen molar-refractivity contribution in [2.45, 2.75) is 10.9 Å². The van der Waals surface area contributed by atoms with Crippen LogP contribution < -0.4 is 10.2 Å². The monoisotopic (exact) mass is 286 g/mol. The zero-order chi connectivity index (χ0) is 14.0. The average Bonchev–Trinajstić information content (AvgIpc) is 2.74. The second kappa shape index (κ2) is 4.96. The van der Waals surface area contributed by atoms with Gasteiger partial charge in [0.25, 0.3) is 5.91 Å². The predicted molar refractivity (Wildman–Crippen MR) is 61.6 cm³/mol. The fraction of sp³-hybridized carbons (Fsp3) is 0.200. The first-order valence-electron chi connectivity index (χ1n) is 5.17. The number of rotatable bonds is 4. The third-order valence-electron chi connectivity index (χ3n) is 2.43. The Morgan fingerprint density at radius 3 is 2.79 bits per heavy atom. The molecule has 1 fully saturated rings. The number of nitrogens with one attached hydrogen (secondary N) is 2. The van der Waals surface area contributed by atoms with Gasteiger partial charge in [-0.2, -0.15) is 4.72 Å². The van der Waals surface area contributed by atoms with Gasteiger partial charge < -0.3 is 5.11 Å². The van der Waals surface area contributed by atoms with Crippen molar-refractivity contribution in [2.24, 2.45) is 0 Å². The number of carboxylic acids is 1. The highest BCUT2D eigenvalue weighted by atomic mass is 32.2. The van der Waals surface area contributed by atoms with E-state index in [2.05, 4.69) is 9.56 Å². The van der Waals surface area contributed by atoms with Gasteiger partial charge in [-0.1, -0.05) is 6.07 Å². The van der Waals surface area contributed by atoms with Gasteiger partial charge in [0.05, 0.1) is 10.5 Å². The number of amides is 1. The molecule has 0 aliphatic carbocycles. The number of carbonyl (C=O) groups excluding carboxylic acids is 1. The number of carbonyl (C=O) groups is 2. The van der Waals surface area contributed by atoms with Crippen molar-refractivity contribution in [1.82, 2.24) is 10.2 Å². The SMILES string of the molecule is O=C(O)c1cccc(S(=O)(=O)N[C@@H]2CONC2=O)c1. The lowest BCUT2D eigenvalue weighted by Crippen LogP contribution is -2.41. The van der Waals surface area contributed by atoms with Crippen molar-refractivity contribution in [3.63, 3.8) is 0 Å². The Morgan fingerprint density at radius 1 is 1.47 bits per heavy atom. The van der Waals surface area contributed by atoms with E-state index in [0.29, 0.717) is 0 Å². The minimum absolute atomic E-state index is 0.128. The number of hydrogen-bond donors (Lipinski definition) is 3. The Kier molecular flexibility index (Phi) is 3.51. The molecule has 8 nitrogen and oxygen atoms in total. The largest absolute Gasteiger partial charge is 0.478 e. The fourth-order valence-corrected chi connectivity index (χ4v) is 2.71. The number of sulfonamides is 1. The molecule has 19 heavy (non-hydrogen) atoms. The molecule has 9 heteroatoms. The standard InChI is InChI=1S/C10H10N2O6S/c13-9-8(5-18-11-9)12-19(16,17)7-3-1-2-6(4-7)10(14)15/h1-4,8,12H,5H2,(H,11,13)(H,14,15)/t8-/m1/s1. The van der Waals surface area contributed by atoms with Crippen molar-refractivity contribution < 1.29 is 28.0 Å². The Morgan fingerprint density at radius 2 is 2.21 bits per heavy atom. The smallest absolute Gasteiger partial charge is 0.335 e. The van der Waals surface area contributed by atoms with Crippen molar-refractivity contribution >= 4 is 21.9 Å². The van der Waals surface area contributed by atoms with E-state index in [0.717, 1.165) is 6.07 Å². The molecule has 102 valence electrons. The Hall–Kier alpha value is -1.97. The Labute approximate surface area is 108 Å². The minimum Gasteiger partial charge on any atom is -0.478 e. The zero-order valence-corrected chi connectivity index (χ0v) is 10.3. The lowest BCUT2D eigenvalue weighted by molar-refractivity contribution is -0.124. The van der Waals surface area contributed by atoms with Crippen molar-refractivity contribution in [3.05, 3.63) is 29.8 Å². The summed E-state index contributed by atoms with van der Waals surface area (Å²) in [6.07, 6.45) is 0. The molecule has 2 rings (SSSR count). The summed E-state index contributed by atoms with van der Waals surface area (Å²) in [6.45, 7) is -0.128. The second-order valence-electron chi connectivity index (χ2n) is 3.78. The van der Waals surface area contributed by atoms with Crippen LogP contribution in [0.15, 0.2) is 29.2 Å². The summed E-state index contributed by atoms with van der Waals surface area (Å²) in [4.78, 5) is 26.3. The molecule has 1 saturated heterocycles. The van der Waals surface area contributed by atoms with Gasteiger partial charge in [0.2, 0.25) is 10.0 Å². The van der Waals surface area contributed by atoms with Gasteiger partial charge in [0.1, 0.15) is 12.6 Å². The van der Waals surface area contributed by atoms with Gasteiger partial charge in [-0.3, -0.25) is 9.63 Å². The topological polar surface area (TPSA) is 122 Å². The molecule has 0 spiro atoms. The zero-order valence-electron chi connectivity index (χ0n) is 9.49. The van der Waals surface area contributed by atoms with Crippen LogP contribution in [-0.4, -0.2) is 38.0 Å². The molecule has 1 aromatic carbocycles. The highest BCUT2D eigenvalue weighted by Gasteiger charge is 2.30. The molecule has 0 bridgehead atoms. The van der Waals surface area contributed by atoms with Crippen LogP contribution in [0.2, 0.25) is 0 Å². The van der Waals surface area contributed by atoms with Crippen LogP contribution in [0.3, 0.4) is 0 Å². The van der Waals surface area contributed by atoms with Crippen molar-refractivity contribution in [1.29, 1.82) is 0 Å². The summed E-state index contributed by atoms with van der Waals surface area (Å²) >= 11 is 0. The summed E-state index contributed by atoms with van der Waals surface area (Å²) in [6, 6.07) is 3.80. The van der Waals surface area contributed by atoms with E-state index in [1.54, 1.807) is 0 Å². The van der Waals surface area contributed by atoms with Crippen molar-refractivity contribution in [2.75, 3.05) is 6.61 Å². The number of hydrogen-bond acceptors (Lipinski definition) is 5. The van der Waals surface area contributed by atoms with E-state index in [9.17, 15) is 18.0 Å². The molecule has 0 saturated carbocycles. The number of carboxylic acid groups (broad SMARTS) is 1. The van der Waals surface area contributed by atoms with Crippen LogP contribution in [0.25, 0.3) is 0 Å². The molecule has 1 atom stereocenters. The van der Waals surface area contributed by atoms with Crippen LogP contribution >= 0.6 is 0 Å². The third-order valence-corrected chi connectivity index (χ3v) is 3.90. The van der Waals surface area contributed by atoms with E-state index in [1.165, 1.54) is 18.2 Å². The van der Waals surface area contributed by atoms with Gasteiger partial charge in [-0.05, 0) is 18.2 Å². The average molecular weight is 286 g/mol. The van der Waals surface area contributed by atoms with Gasteiger partial charge >= 0.3 is 5.97 Å². The Bertz CT molecular complexity index is 627. The molecule has 0 radical (unpaired) electrons. The molecule has 0 unspecified atom stereocenters. The molecular formula is C10H10N2O6S. The van der Waals surface area contributed by atoms with E-state index < -0.39 is 27.9 Å². The van der Waals surface area contributed by atoms with E-state index in [1.807, 2.05) is 5.48 Å². The lowest BCUT2D eigenvalue weighted by Gasteiger charge is -2.09. The summed E-state index contributed by atoms with van der Waals surface area (Å²) in [5, 5.41) is 8.80. The highest BCUT2D eigenvalue weighted by Crippen LogP contribution is 2.12. The van der Waals surface area contributed by atoms with E-state index in [-0.39, 0.29) is 17.1 Å². The molecule has 1 aliphatic heterocycles. The van der Waals surface area contributed by atoms with Gasteiger partial charge in [0, 0.05) is 0 Å². The van der Waals surface area contributed by atoms with Gasteiger partial charge in [-0.15, -0.1) is 0 Å². The van der Waals surface area contributed by atoms with E-state index in [4.69, 9.17) is 5.11 Å². The highest BCUT2D eigenvalue weighted by molar-refractivity contribution is 7.89. The van der Waals surface area contributed by atoms with Gasteiger partial charge in [0.15, 0.2) is 0 Å². The maximum absolute atomic E-state index is 12.0. The van der Waals surface area contributed by atoms with Gasteiger partial charge in [-0.25, -0.2) is 18.7 Å². The lowest BCUT2D eigenvalue weighted by atomic mass is 10.2. The van der Waals surface area contributed by atoms with Crippen LogP contribution in [0.4, 0.5) is 0 Å². The molecule has 0 aromatic heterocycles. The van der Waals surface area contributed by atoms with Crippen LogP contribution in [0, 0.1) is 0 Å². The normalized spacial score (nSPS) is 19.2. The van der Waals surface area contributed by atoms with Crippen LogP contribution in [0.1, 0.15) is 10.4 Å². The Balaban J connectivity index is 2.26. The number of hydroxylamine groups is 1. The quantitative estimate of drug-likeness (QED) is 0.659. The first-order chi connectivity index (χ1) is 8.90. The summed E-state index contributed by atoms with van der Waals surface area (Å²) in [5.41, 5.74) is 1.86. The van der Waals surface area contributed by atoms with Crippen LogP contribution in [-0.2, 0) is 19.7 Å². The fourth-order valence-electron chi connectivity index (χ4n) is 1.48. The van der Waals surface area contributed by atoms with Crippen molar-refractivity contribution in [3.8, 4) is 0 Å². The van der Waals surface area contributed by atoms with Crippen LogP contribution in [0.5, 0.6) is 0 Å². The predicted octanol–water partition coefficient (Wildman–Crippen LogP) is -0.907. The number of aromatic carboxylic acids is 1. The number of benzene rings is 1. The van der Waals surface area contributed by atoms with E-state index >= 15 is 0 Å². The second-order valence-corrected chi connectivity index (χ2v) is 5.50. The first kappa shape index (κ1) is 13.5. The third kappa shape index (κ3) is 2.89. The minimum atomic E-state index is -3.99. The summed E-state index contributed by atoms with van der Waals surface area (Å²) in [5.74, 6) is -1.84. The molecular weight excluding hydrogens is 276 g/mol. The molecule has 1 aromatic rings. The summed E-state index contributed by atoms with van der Waals surface area (Å²) < 4.78 is 26.1. The molecule has 3 N–H and O–H groups in total.